The number of carbonyl (C=O) groups is 2. The van der Waals surface area contributed by atoms with Gasteiger partial charge >= 0.3 is 5.97 Å². The molecule has 0 radical (unpaired) electrons. The van der Waals surface area contributed by atoms with E-state index in [2.05, 4.69) is 10.3 Å². The number of thiazole rings is 1. The number of rotatable bonds is 4. The van der Waals surface area contributed by atoms with Gasteiger partial charge in [0.1, 0.15) is 22.0 Å². The van der Waals surface area contributed by atoms with Gasteiger partial charge in [0.05, 0.1) is 17.2 Å². The summed E-state index contributed by atoms with van der Waals surface area (Å²) in [5.41, 5.74) is 0.695. The normalized spacial score (nSPS) is 11.5. The molecular weight excluding hydrogens is 316 g/mol. The molecule has 0 atom stereocenters. The summed E-state index contributed by atoms with van der Waals surface area (Å²) in [6, 6.07) is 1.43. The molecule has 6 nitrogen and oxygen atoms in total. The molecule has 2 rings (SSSR count). The Morgan fingerprint density at radius 1 is 1.35 bits per heavy atom. The van der Waals surface area contributed by atoms with E-state index in [4.69, 9.17) is 9.52 Å². The maximum absolute atomic E-state index is 12.3. The minimum atomic E-state index is -1.04. The molecule has 0 aromatic carbocycles. The molecule has 0 bridgehead atoms. The second-order valence-corrected chi connectivity index (χ2v) is 7.35. The van der Waals surface area contributed by atoms with Crippen LogP contribution in [0, 0.1) is 13.8 Å². The number of aromatic nitrogens is 1. The number of hydrogen-bond acceptors (Lipinski definition) is 5. The van der Waals surface area contributed by atoms with Crippen LogP contribution in [0.5, 0.6) is 0 Å². The fourth-order valence-electron chi connectivity index (χ4n) is 2.02. The van der Waals surface area contributed by atoms with Crippen molar-refractivity contribution in [1.82, 2.24) is 10.3 Å². The molecule has 0 fully saturated rings. The Morgan fingerprint density at radius 2 is 2.00 bits per heavy atom. The van der Waals surface area contributed by atoms with Gasteiger partial charge < -0.3 is 14.8 Å². The number of aromatic carboxylic acids is 1. The van der Waals surface area contributed by atoms with Crippen LogP contribution in [0.3, 0.4) is 0 Å². The summed E-state index contributed by atoms with van der Waals surface area (Å²) >= 11 is 1.38. The summed E-state index contributed by atoms with van der Waals surface area (Å²) in [4.78, 5) is 28.3. The molecule has 0 saturated heterocycles. The minimum Gasteiger partial charge on any atom is -0.478 e. The first-order valence-corrected chi connectivity index (χ1v) is 8.00. The molecule has 0 spiro atoms. The van der Waals surface area contributed by atoms with Crippen molar-refractivity contribution in [3.63, 3.8) is 0 Å². The Morgan fingerprint density at radius 3 is 2.48 bits per heavy atom. The number of nitrogens with one attached hydrogen (secondary N) is 1. The van der Waals surface area contributed by atoms with Crippen molar-refractivity contribution in [3.8, 4) is 0 Å². The van der Waals surface area contributed by atoms with Crippen molar-refractivity contribution < 1.29 is 19.1 Å². The minimum absolute atomic E-state index is 0.109. The lowest BCUT2D eigenvalue weighted by molar-refractivity contribution is 0.0694. The van der Waals surface area contributed by atoms with Crippen LogP contribution in [0.25, 0.3) is 0 Å². The summed E-state index contributed by atoms with van der Waals surface area (Å²) in [5, 5.41) is 12.6. The number of carboxylic acid groups (broad SMARTS) is 1. The zero-order valence-electron chi connectivity index (χ0n) is 13.8. The predicted octanol–water partition coefficient (Wildman–Crippen LogP) is 3.28. The van der Waals surface area contributed by atoms with E-state index in [-0.39, 0.29) is 23.4 Å². The molecular formula is C16H20N2O4S. The summed E-state index contributed by atoms with van der Waals surface area (Å²) in [6.45, 7) is 9.66. The van der Waals surface area contributed by atoms with Crippen LogP contribution in [0.1, 0.15) is 63.0 Å². The van der Waals surface area contributed by atoms with Gasteiger partial charge in [0, 0.05) is 5.41 Å². The van der Waals surface area contributed by atoms with Crippen molar-refractivity contribution in [2.24, 2.45) is 0 Å². The molecule has 2 heterocycles. The topological polar surface area (TPSA) is 92.4 Å². The zero-order chi connectivity index (χ0) is 17.4. The van der Waals surface area contributed by atoms with Crippen LogP contribution in [-0.4, -0.2) is 22.0 Å². The number of amides is 1. The van der Waals surface area contributed by atoms with E-state index in [0.717, 1.165) is 5.01 Å². The second kappa shape index (κ2) is 6.16. The van der Waals surface area contributed by atoms with Gasteiger partial charge in [0.15, 0.2) is 0 Å². The van der Waals surface area contributed by atoms with Gasteiger partial charge in [-0.2, -0.15) is 0 Å². The highest BCUT2D eigenvalue weighted by Gasteiger charge is 2.23. The fraction of sp³-hybridized carbons (Fsp3) is 0.438. The maximum atomic E-state index is 12.3. The van der Waals surface area contributed by atoms with Crippen LogP contribution in [0.2, 0.25) is 0 Å². The summed E-state index contributed by atoms with van der Waals surface area (Å²) < 4.78 is 5.34. The van der Waals surface area contributed by atoms with Crippen LogP contribution in [0.4, 0.5) is 0 Å². The number of furan rings is 1. The van der Waals surface area contributed by atoms with E-state index in [9.17, 15) is 9.59 Å². The summed E-state index contributed by atoms with van der Waals surface area (Å²) in [5.74, 6) is -0.546. The third-order valence-corrected chi connectivity index (χ3v) is 4.85. The van der Waals surface area contributed by atoms with E-state index in [0.29, 0.717) is 22.1 Å². The molecule has 2 aromatic heterocycles. The second-order valence-electron chi connectivity index (χ2n) is 6.35. The third-order valence-electron chi connectivity index (χ3n) is 3.27. The molecule has 23 heavy (non-hydrogen) atoms. The molecule has 0 aliphatic heterocycles. The number of carbonyl (C=O) groups excluding carboxylic acids is 1. The Bertz CT molecular complexity index is 753. The van der Waals surface area contributed by atoms with Crippen molar-refractivity contribution in [1.29, 1.82) is 0 Å². The van der Waals surface area contributed by atoms with Crippen molar-refractivity contribution in [2.45, 2.75) is 46.6 Å². The lowest BCUT2D eigenvalue weighted by Crippen LogP contribution is -2.22. The van der Waals surface area contributed by atoms with Gasteiger partial charge in [-0.15, -0.1) is 11.3 Å². The number of hydrogen-bond donors (Lipinski definition) is 2. The van der Waals surface area contributed by atoms with Crippen molar-refractivity contribution >= 4 is 23.2 Å². The molecule has 2 aromatic rings. The quantitative estimate of drug-likeness (QED) is 0.894. The molecule has 0 aliphatic carbocycles. The number of carboxylic acids is 1. The highest BCUT2D eigenvalue weighted by Crippen LogP contribution is 2.29. The standard InChI is InChI=1S/C16H20N2O4S/c1-8-12(23-15(18-8)16(3,4)5)13(19)17-7-10-6-11(14(20)21)9(2)22-10/h6H,7H2,1-5H3,(H,17,19)(H,20,21). The molecule has 0 aliphatic rings. The third kappa shape index (κ3) is 3.79. The Labute approximate surface area is 138 Å². The van der Waals surface area contributed by atoms with Gasteiger partial charge in [-0.1, -0.05) is 20.8 Å². The van der Waals surface area contributed by atoms with Gasteiger partial charge in [0.25, 0.3) is 5.91 Å². The highest BCUT2D eigenvalue weighted by atomic mass is 32.1. The van der Waals surface area contributed by atoms with E-state index in [1.807, 2.05) is 20.8 Å². The lowest BCUT2D eigenvalue weighted by atomic mass is 9.98. The molecule has 2 N–H and O–H groups in total. The average molecular weight is 336 g/mol. The van der Waals surface area contributed by atoms with Gasteiger partial charge in [-0.3, -0.25) is 4.79 Å². The molecule has 0 saturated carbocycles. The van der Waals surface area contributed by atoms with E-state index in [1.165, 1.54) is 17.4 Å². The molecule has 0 unspecified atom stereocenters. The molecule has 124 valence electrons. The van der Waals surface area contributed by atoms with E-state index < -0.39 is 5.97 Å². The monoisotopic (exact) mass is 336 g/mol. The average Bonchev–Trinajstić information content (AvgIpc) is 2.99. The largest absolute Gasteiger partial charge is 0.478 e. The van der Waals surface area contributed by atoms with Crippen molar-refractivity contribution in [2.75, 3.05) is 0 Å². The SMILES string of the molecule is Cc1nc(C(C)(C)C)sc1C(=O)NCc1cc(C(=O)O)c(C)o1. The first-order valence-electron chi connectivity index (χ1n) is 7.18. The van der Waals surface area contributed by atoms with Crippen LogP contribution in [0.15, 0.2) is 10.5 Å². The molecule has 1 amide bonds. The van der Waals surface area contributed by atoms with Gasteiger partial charge in [-0.05, 0) is 19.9 Å². The van der Waals surface area contributed by atoms with E-state index in [1.54, 1.807) is 13.8 Å². The lowest BCUT2D eigenvalue weighted by Gasteiger charge is -2.13. The predicted molar refractivity (Wildman–Crippen MR) is 87.1 cm³/mol. The first-order chi connectivity index (χ1) is 10.6. The summed E-state index contributed by atoms with van der Waals surface area (Å²) in [7, 11) is 0. The summed E-state index contributed by atoms with van der Waals surface area (Å²) in [6.07, 6.45) is 0. The van der Waals surface area contributed by atoms with E-state index >= 15 is 0 Å². The Kier molecular flexibility index (Phi) is 4.61. The van der Waals surface area contributed by atoms with Crippen LogP contribution < -0.4 is 5.32 Å². The number of aryl methyl sites for hydroxylation is 2. The van der Waals surface area contributed by atoms with Crippen molar-refractivity contribution in [3.05, 3.63) is 38.7 Å². The number of nitrogens with zero attached hydrogens (tertiary/aromatic N) is 1. The fourth-order valence-corrected chi connectivity index (χ4v) is 3.06. The van der Waals surface area contributed by atoms with Crippen LogP contribution in [-0.2, 0) is 12.0 Å². The maximum Gasteiger partial charge on any atom is 0.339 e. The van der Waals surface area contributed by atoms with Crippen LogP contribution >= 0.6 is 11.3 Å². The zero-order valence-corrected chi connectivity index (χ0v) is 14.6. The van der Waals surface area contributed by atoms with Gasteiger partial charge in [-0.25, -0.2) is 9.78 Å². The Hall–Kier alpha value is -2.15. The molecule has 7 heteroatoms. The Balaban J connectivity index is 2.10. The first kappa shape index (κ1) is 17.2. The van der Waals surface area contributed by atoms with Gasteiger partial charge in [0.2, 0.25) is 0 Å². The highest BCUT2D eigenvalue weighted by molar-refractivity contribution is 7.14. The smallest absolute Gasteiger partial charge is 0.339 e.